The molecule has 4 N–H and O–H groups in total. The Labute approximate surface area is 147 Å². The molecule has 9 heteroatoms. The zero-order chi connectivity index (χ0) is 17.8. The number of amides is 2. The SMILES string of the molecule is O=C(NC=Nc1ccc2nc[nH]c2c1)NC=Nc1ccc2nc[nH]c2c1. The van der Waals surface area contributed by atoms with Gasteiger partial charge in [0.15, 0.2) is 0 Å². The molecule has 4 rings (SSSR count). The smallest absolute Gasteiger partial charge is 0.325 e. The first-order chi connectivity index (χ1) is 12.8. The Morgan fingerprint density at radius 1 is 0.846 bits per heavy atom. The molecule has 0 unspecified atom stereocenters. The maximum atomic E-state index is 11.7. The van der Waals surface area contributed by atoms with Crippen LogP contribution in [0, 0.1) is 0 Å². The molecule has 2 heterocycles. The lowest BCUT2D eigenvalue weighted by molar-refractivity contribution is 0.250. The quantitative estimate of drug-likeness (QED) is 0.335. The average Bonchev–Trinajstić information content (AvgIpc) is 3.29. The molecule has 0 aliphatic carbocycles. The maximum Gasteiger partial charge on any atom is 0.325 e. The number of carbonyl (C=O) groups is 1. The van der Waals surface area contributed by atoms with E-state index in [1.54, 1.807) is 12.7 Å². The van der Waals surface area contributed by atoms with Gasteiger partial charge >= 0.3 is 6.03 Å². The summed E-state index contributed by atoms with van der Waals surface area (Å²) in [4.78, 5) is 34.3. The fourth-order valence-corrected chi connectivity index (χ4v) is 2.38. The van der Waals surface area contributed by atoms with Gasteiger partial charge in [-0.05, 0) is 36.4 Å². The highest BCUT2D eigenvalue weighted by Gasteiger charge is 1.98. The first-order valence-corrected chi connectivity index (χ1v) is 7.76. The van der Waals surface area contributed by atoms with Crippen molar-refractivity contribution in [2.24, 2.45) is 9.98 Å². The van der Waals surface area contributed by atoms with Gasteiger partial charge in [-0.25, -0.2) is 24.7 Å². The second-order valence-corrected chi connectivity index (χ2v) is 5.34. The van der Waals surface area contributed by atoms with Gasteiger partial charge in [-0.15, -0.1) is 0 Å². The van der Waals surface area contributed by atoms with Crippen LogP contribution in [0.3, 0.4) is 0 Å². The van der Waals surface area contributed by atoms with Crippen LogP contribution >= 0.6 is 0 Å². The molecule has 0 saturated carbocycles. The van der Waals surface area contributed by atoms with Crippen molar-refractivity contribution in [1.82, 2.24) is 30.6 Å². The van der Waals surface area contributed by atoms with Crippen LogP contribution in [-0.4, -0.2) is 38.6 Å². The van der Waals surface area contributed by atoms with E-state index in [1.807, 2.05) is 36.4 Å². The Morgan fingerprint density at radius 3 is 1.85 bits per heavy atom. The number of fused-ring (bicyclic) bond motifs is 2. The Morgan fingerprint density at radius 2 is 1.35 bits per heavy atom. The fourth-order valence-electron chi connectivity index (χ4n) is 2.38. The summed E-state index contributed by atoms with van der Waals surface area (Å²) < 4.78 is 0. The van der Waals surface area contributed by atoms with Crippen LogP contribution in [0.2, 0.25) is 0 Å². The van der Waals surface area contributed by atoms with Gasteiger partial charge in [0.1, 0.15) is 0 Å². The molecule has 0 fully saturated rings. The second-order valence-electron chi connectivity index (χ2n) is 5.34. The number of rotatable bonds is 4. The number of carbonyl (C=O) groups excluding carboxylic acids is 1. The van der Waals surface area contributed by atoms with Crippen molar-refractivity contribution in [3.63, 3.8) is 0 Å². The first-order valence-electron chi connectivity index (χ1n) is 7.76. The number of benzene rings is 2. The molecule has 9 nitrogen and oxygen atoms in total. The number of hydrogen-bond acceptors (Lipinski definition) is 5. The predicted octanol–water partition coefficient (Wildman–Crippen LogP) is 2.76. The standard InChI is InChI=1S/C17H14N8O/c26-17(24-7-18-11-1-3-13-15(5-11)22-9-20-13)25-8-19-12-2-4-14-16(6-12)23-10-21-14/h1-10H,(H,20,22)(H,21,23)(H2,18,19,24,25,26). The average molecular weight is 346 g/mol. The number of aliphatic imine (C=N–C) groups is 2. The molecular weight excluding hydrogens is 332 g/mol. The lowest BCUT2D eigenvalue weighted by atomic mass is 10.3. The molecule has 0 saturated heterocycles. The summed E-state index contributed by atoms with van der Waals surface area (Å²) in [5, 5.41) is 5.02. The highest BCUT2D eigenvalue weighted by Crippen LogP contribution is 2.18. The number of aromatic nitrogens is 4. The van der Waals surface area contributed by atoms with Crippen molar-refractivity contribution < 1.29 is 4.79 Å². The van der Waals surface area contributed by atoms with E-state index in [0.29, 0.717) is 11.4 Å². The van der Waals surface area contributed by atoms with Gasteiger partial charge < -0.3 is 9.97 Å². The number of aromatic amines is 2. The normalized spacial score (nSPS) is 11.7. The third-order valence-electron chi connectivity index (χ3n) is 3.63. The van der Waals surface area contributed by atoms with Gasteiger partial charge in [-0.3, -0.25) is 10.6 Å². The van der Waals surface area contributed by atoms with Crippen LogP contribution in [0.4, 0.5) is 16.2 Å². The van der Waals surface area contributed by atoms with Gasteiger partial charge in [0.2, 0.25) is 0 Å². The summed E-state index contributed by atoms with van der Waals surface area (Å²) in [6.45, 7) is 0. The van der Waals surface area contributed by atoms with Crippen LogP contribution in [0.5, 0.6) is 0 Å². The van der Waals surface area contributed by atoms with E-state index < -0.39 is 6.03 Å². The van der Waals surface area contributed by atoms with Crippen LogP contribution in [0.1, 0.15) is 0 Å². The van der Waals surface area contributed by atoms with Crippen LogP contribution in [0.25, 0.3) is 22.1 Å². The van der Waals surface area contributed by atoms with Gasteiger partial charge in [-0.2, -0.15) is 0 Å². The van der Waals surface area contributed by atoms with E-state index >= 15 is 0 Å². The van der Waals surface area contributed by atoms with Gasteiger partial charge in [0.05, 0.1) is 58.8 Å². The summed E-state index contributed by atoms with van der Waals surface area (Å²) in [5.41, 5.74) is 4.88. The summed E-state index contributed by atoms with van der Waals surface area (Å²) >= 11 is 0. The molecule has 2 aromatic carbocycles. The van der Waals surface area contributed by atoms with Crippen LogP contribution < -0.4 is 10.6 Å². The Kier molecular flexibility index (Phi) is 4.09. The van der Waals surface area contributed by atoms with E-state index in [0.717, 1.165) is 22.1 Å². The molecule has 2 aromatic heterocycles. The molecule has 0 aliphatic heterocycles. The summed E-state index contributed by atoms with van der Waals surface area (Å²) in [6, 6.07) is 10.6. The fraction of sp³-hybridized carbons (Fsp3) is 0. The Bertz CT molecular complexity index is 1040. The van der Waals surface area contributed by atoms with E-state index in [4.69, 9.17) is 0 Å². The van der Waals surface area contributed by atoms with Gasteiger partial charge in [0.25, 0.3) is 0 Å². The monoisotopic (exact) mass is 346 g/mol. The minimum atomic E-state index is -0.442. The minimum Gasteiger partial charge on any atom is -0.345 e. The van der Waals surface area contributed by atoms with Gasteiger partial charge in [-0.1, -0.05) is 0 Å². The van der Waals surface area contributed by atoms with E-state index in [9.17, 15) is 4.79 Å². The number of hydrogen-bond donors (Lipinski definition) is 4. The van der Waals surface area contributed by atoms with Crippen molar-refractivity contribution in [3.05, 3.63) is 49.1 Å². The molecule has 0 spiro atoms. The lowest BCUT2D eigenvalue weighted by Crippen LogP contribution is -2.33. The van der Waals surface area contributed by atoms with Crippen LogP contribution in [-0.2, 0) is 0 Å². The number of imidazole rings is 2. The van der Waals surface area contributed by atoms with Crippen molar-refractivity contribution >= 4 is 52.1 Å². The lowest BCUT2D eigenvalue weighted by Gasteiger charge is -1.98. The minimum absolute atomic E-state index is 0.442. The molecule has 128 valence electrons. The third kappa shape index (κ3) is 3.41. The molecule has 26 heavy (non-hydrogen) atoms. The molecule has 0 atom stereocenters. The third-order valence-corrected chi connectivity index (χ3v) is 3.63. The Hall–Kier alpha value is -4.01. The topological polar surface area (TPSA) is 123 Å². The van der Waals surface area contributed by atoms with Crippen LogP contribution in [0.15, 0.2) is 59.0 Å². The first kappa shape index (κ1) is 15.5. The molecule has 0 radical (unpaired) electrons. The molecule has 2 amide bonds. The summed E-state index contributed by atoms with van der Waals surface area (Å²) in [6.07, 6.45) is 5.87. The number of nitrogens with zero attached hydrogens (tertiary/aromatic N) is 4. The molecule has 0 aliphatic rings. The number of nitrogens with one attached hydrogen (secondary N) is 4. The van der Waals surface area contributed by atoms with Crippen molar-refractivity contribution in [1.29, 1.82) is 0 Å². The molecule has 4 aromatic rings. The number of urea groups is 1. The van der Waals surface area contributed by atoms with Gasteiger partial charge in [0, 0.05) is 0 Å². The van der Waals surface area contributed by atoms with Crippen molar-refractivity contribution in [2.45, 2.75) is 0 Å². The van der Waals surface area contributed by atoms with E-state index in [2.05, 4.69) is 40.6 Å². The van der Waals surface area contributed by atoms with E-state index in [-0.39, 0.29) is 0 Å². The molecular formula is C17H14N8O. The van der Waals surface area contributed by atoms with Crippen molar-refractivity contribution in [2.75, 3.05) is 0 Å². The summed E-state index contributed by atoms with van der Waals surface area (Å²) in [5.74, 6) is 0. The maximum absolute atomic E-state index is 11.7. The summed E-state index contributed by atoms with van der Waals surface area (Å²) in [7, 11) is 0. The largest absolute Gasteiger partial charge is 0.345 e. The zero-order valence-corrected chi connectivity index (χ0v) is 13.5. The predicted molar refractivity (Wildman–Crippen MR) is 100 cm³/mol. The zero-order valence-electron chi connectivity index (χ0n) is 13.5. The second kappa shape index (κ2) is 6.85. The number of H-pyrrole nitrogens is 2. The Balaban J connectivity index is 1.31. The van der Waals surface area contributed by atoms with E-state index in [1.165, 1.54) is 12.7 Å². The highest BCUT2D eigenvalue weighted by atomic mass is 16.2. The molecule has 0 bridgehead atoms. The van der Waals surface area contributed by atoms with Crippen molar-refractivity contribution in [3.8, 4) is 0 Å². The highest BCUT2D eigenvalue weighted by molar-refractivity contribution is 5.94.